The van der Waals surface area contributed by atoms with E-state index in [0.29, 0.717) is 25.7 Å². The predicted octanol–water partition coefficient (Wildman–Crippen LogP) is 17.3. The quantitative estimate of drug-likeness (QED) is 0.0117. The molecule has 8 amide bonds. The van der Waals surface area contributed by atoms with Crippen LogP contribution in [0.15, 0.2) is 0 Å². The van der Waals surface area contributed by atoms with Crippen molar-refractivity contribution in [3.8, 4) is 0 Å². The molecule has 0 bridgehead atoms. The minimum atomic E-state index is -1.77. The molecule has 0 rings (SSSR count). The van der Waals surface area contributed by atoms with Crippen LogP contribution in [0.4, 0.5) is 14.0 Å². The monoisotopic (exact) mass is 2070 g/mol. The van der Waals surface area contributed by atoms with Gasteiger partial charge in [0, 0.05) is 58.4 Å². The minimum absolute atomic E-state index is 0.0721. The first kappa shape index (κ1) is 134. The second kappa shape index (κ2) is 88.9. The van der Waals surface area contributed by atoms with Crippen molar-refractivity contribution in [1.29, 1.82) is 0 Å². The number of ether oxygens (including phenoxy) is 8. The van der Waals surface area contributed by atoms with Crippen LogP contribution in [-0.4, -0.2) is 240 Å². The third-order valence-electron chi connectivity index (χ3n) is 20.6. The van der Waals surface area contributed by atoms with Crippen LogP contribution in [0.3, 0.4) is 0 Å². The van der Waals surface area contributed by atoms with Gasteiger partial charge in [0.2, 0.25) is 17.7 Å². The van der Waals surface area contributed by atoms with Gasteiger partial charge in [-0.05, 0) is 67.2 Å². The van der Waals surface area contributed by atoms with E-state index in [2.05, 4.69) is 63.3 Å². The summed E-state index contributed by atoms with van der Waals surface area (Å²) in [6, 6.07) is 0. The summed E-state index contributed by atoms with van der Waals surface area (Å²) >= 11 is 33.0. The summed E-state index contributed by atoms with van der Waals surface area (Å²) in [6.07, 6.45) is 44.5. The molecular formula is C96H173Cl6FN8O25. The van der Waals surface area contributed by atoms with E-state index in [0.717, 1.165) is 64.2 Å². The summed E-state index contributed by atoms with van der Waals surface area (Å²) in [5.74, 6) is -7.70. The molecule has 0 aromatic rings. The Bertz CT molecular complexity index is 3040. The summed E-state index contributed by atoms with van der Waals surface area (Å²) < 4.78 is 58.5. The van der Waals surface area contributed by atoms with Crippen molar-refractivity contribution in [3.63, 3.8) is 0 Å². The SMILES string of the molecule is CCCCCCCCCCCCCCCC(=O)NC(CO)(CO)CO.CCCCCCCCCCCCCCCC(=O)NC(COC(=O)CCC)(COC(=O)CCNC(=O)OC(C)(C)C)COC(=O)CCNC(=O)OC(C)(C)C.CCCCCCCCCCCCCCCC(=O)NC(COC(=O)CCNC(=O)C(Cl)Cl)(COC(=O)CCNC(=O)C(Cl)Cl)COC(=O)CCNC(=O)C(Cl)Cl.[2H]CF. The van der Waals surface area contributed by atoms with Crippen molar-refractivity contribution in [2.75, 3.05) is 99.3 Å². The molecule has 0 aromatic heterocycles. The normalized spacial score (nSPS) is 11.5. The van der Waals surface area contributed by atoms with E-state index in [1.807, 2.05) is 6.92 Å². The van der Waals surface area contributed by atoms with Crippen molar-refractivity contribution >= 4 is 153 Å². The molecule has 40 heteroatoms. The average molecular weight is 2070 g/mol. The Morgan fingerprint density at radius 1 is 0.272 bits per heavy atom. The van der Waals surface area contributed by atoms with Crippen molar-refractivity contribution in [2.24, 2.45) is 0 Å². The molecule has 0 atom stereocenters. The van der Waals surface area contributed by atoms with Crippen molar-refractivity contribution in [1.82, 2.24) is 42.5 Å². The van der Waals surface area contributed by atoms with E-state index in [-0.39, 0.29) is 95.9 Å². The van der Waals surface area contributed by atoms with Gasteiger partial charge >= 0.3 is 48.0 Å². The van der Waals surface area contributed by atoms with Gasteiger partial charge in [0.05, 0.1) is 60.4 Å². The van der Waals surface area contributed by atoms with E-state index in [4.69, 9.17) is 109 Å². The molecule has 0 radical (unpaired) electrons. The van der Waals surface area contributed by atoms with Crippen LogP contribution in [0.1, 0.15) is 385 Å². The lowest BCUT2D eigenvalue weighted by atomic mass is 10.0. The molecule has 0 saturated carbocycles. The number of nitrogens with one attached hydrogen (secondary N) is 8. The standard InChI is InChI=1S/C40H73N3O11.C35H56Cl6N4O10.C20H41NO4.CH3F/c1-9-11-12-13-14-15-16-17-18-19-20-21-22-24-32(44)43-40(29-50-33(45)23-10-2,30-51-34(46)25-27-41-36(48)53-38(3,4)5)31-52-35(47)26-28-42-37(49)54-39(6,7)8;1-2-3-4-5-6-7-8-9-10-11-12-13-14-15-25(46)45-35(22-53-26(47)16-19-42-32(50)29(36)37,23-54-27(48)17-20-43-33(51)30(38)39)24-55-28(49)18-21-44-34(52)31(40)41;1-2-3-4-5-6-7-8-9-10-11-12-13-14-15-19(25)21-20(16-22,17-23)18-24;1-2/h9-31H2,1-8H3,(H,41,48)(H,42,49)(H,43,44);29-31H,2-24H2,1H3,(H,42,50)(H,43,51)(H,44,52)(H,45,46);22-24H,2-18H2,1H3,(H,21,25);1H3/i;;;1D. The lowest BCUT2D eigenvalue weighted by Gasteiger charge is -2.33. The topological polar surface area (TPSA) is 470 Å². The minimum Gasteiger partial charge on any atom is -0.463 e. The number of alkyl carbamates (subject to hydrolysis) is 2. The fourth-order valence-electron chi connectivity index (χ4n) is 12.9. The molecule has 796 valence electrons. The maximum atomic E-state index is 13.3. The molecule has 0 aromatic carbocycles. The number of alkyl halides is 7. The van der Waals surface area contributed by atoms with Crippen molar-refractivity contribution in [2.45, 2.75) is 426 Å². The number of esters is 6. The fourth-order valence-corrected chi connectivity index (χ4v) is 13.4. The van der Waals surface area contributed by atoms with E-state index in [9.17, 15) is 86.8 Å². The summed E-state index contributed by atoms with van der Waals surface area (Å²) in [6.45, 7) is 13.5. The molecule has 11 N–H and O–H groups in total. The smallest absolute Gasteiger partial charge is 0.407 e. The van der Waals surface area contributed by atoms with Crippen LogP contribution in [0.2, 0.25) is 0 Å². The van der Waals surface area contributed by atoms with Gasteiger partial charge < -0.3 is 95.7 Å². The van der Waals surface area contributed by atoms with E-state index in [1.165, 1.54) is 173 Å². The third-order valence-corrected chi connectivity index (χ3v) is 21.8. The molecule has 136 heavy (non-hydrogen) atoms. The number of carbonyl (C=O) groups excluding carboxylic acids is 14. The number of aliphatic hydroxyl groups is 3. The summed E-state index contributed by atoms with van der Waals surface area (Å²) in [5.41, 5.74) is -6.09. The molecule has 0 spiro atoms. The Hall–Kier alpha value is -6.27. The maximum absolute atomic E-state index is 13.3. The Morgan fingerprint density at radius 3 is 0.625 bits per heavy atom. The molecule has 0 heterocycles. The van der Waals surface area contributed by atoms with Gasteiger partial charge in [0.15, 0.2) is 14.5 Å². The largest absolute Gasteiger partial charge is 0.463 e. The lowest BCUT2D eigenvalue weighted by molar-refractivity contribution is -0.160. The van der Waals surface area contributed by atoms with Crippen LogP contribution in [0.5, 0.6) is 0 Å². The van der Waals surface area contributed by atoms with Crippen LogP contribution in [0.25, 0.3) is 0 Å². The molecular weight excluding hydrogens is 1900 g/mol. The van der Waals surface area contributed by atoms with Crippen LogP contribution < -0.4 is 42.5 Å². The van der Waals surface area contributed by atoms with Gasteiger partial charge in [0.25, 0.3) is 17.7 Å². The number of carbonyl (C=O) groups is 14. The number of hydrogen-bond acceptors (Lipinski definition) is 25. The van der Waals surface area contributed by atoms with Gasteiger partial charge in [-0.1, -0.05) is 328 Å². The predicted molar refractivity (Wildman–Crippen MR) is 530 cm³/mol. The molecule has 0 fully saturated rings. The van der Waals surface area contributed by atoms with Gasteiger partial charge in [-0.25, -0.2) is 9.59 Å². The number of unbranched alkanes of at least 4 members (excludes halogenated alkanes) is 36. The highest BCUT2D eigenvalue weighted by molar-refractivity contribution is 6.54. The second-order valence-corrected chi connectivity index (χ2v) is 39.3. The first-order valence-electron chi connectivity index (χ1n) is 49.9. The Balaban J connectivity index is -0.00000101. The summed E-state index contributed by atoms with van der Waals surface area (Å²) in [4.78, 5) is 169. The second-order valence-electron chi connectivity index (χ2n) is 36.0. The molecule has 0 unspecified atom stereocenters. The first-order valence-corrected chi connectivity index (χ1v) is 51.9. The van der Waals surface area contributed by atoms with E-state index >= 15 is 0 Å². The van der Waals surface area contributed by atoms with Crippen LogP contribution in [-0.2, 0) is 95.4 Å². The molecule has 0 aliphatic heterocycles. The summed E-state index contributed by atoms with van der Waals surface area (Å²) in [5, 5.41) is 47.6. The van der Waals surface area contributed by atoms with Crippen molar-refractivity contribution in [3.05, 3.63) is 0 Å². The van der Waals surface area contributed by atoms with Gasteiger partial charge in [0.1, 0.15) is 67.5 Å². The summed E-state index contributed by atoms with van der Waals surface area (Å²) in [7, 11) is -1.00. The van der Waals surface area contributed by atoms with E-state index < -0.39 is 181 Å². The average Bonchev–Trinajstić information content (AvgIpc) is 0.847. The molecule has 0 aliphatic carbocycles. The van der Waals surface area contributed by atoms with Crippen molar-refractivity contribution < 1.29 is 126 Å². The van der Waals surface area contributed by atoms with Gasteiger partial charge in [-0.15, -0.1) is 0 Å². The number of aliphatic hydroxyl groups excluding tert-OH is 3. The highest BCUT2D eigenvalue weighted by Crippen LogP contribution is 2.22. The maximum Gasteiger partial charge on any atom is 0.407 e. The molecule has 0 aliphatic rings. The zero-order valence-electron chi connectivity index (χ0n) is 84.5. The number of rotatable bonds is 80. The number of halogens is 7. The first-order chi connectivity index (χ1) is 65.1. The third kappa shape index (κ3) is 86.8. The number of hydrogen-bond donors (Lipinski definition) is 11. The van der Waals surface area contributed by atoms with Gasteiger partial charge in [-0.3, -0.25) is 61.9 Å². The Labute approximate surface area is 842 Å². The number of amides is 8. The zero-order chi connectivity index (χ0) is 104. The van der Waals surface area contributed by atoms with Gasteiger partial charge in [-0.2, -0.15) is 0 Å². The van der Waals surface area contributed by atoms with Crippen LogP contribution in [0, 0.1) is 0 Å². The van der Waals surface area contributed by atoms with E-state index in [1.54, 1.807) is 41.5 Å². The fraction of sp³-hybridized carbons (Fsp3) is 0.854. The van der Waals surface area contributed by atoms with Crippen LogP contribution >= 0.6 is 69.6 Å². The Morgan fingerprint density at radius 2 is 0.449 bits per heavy atom. The molecule has 0 saturated heterocycles. The zero-order valence-corrected chi connectivity index (χ0v) is 88.0. The lowest BCUT2D eigenvalue weighted by Crippen LogP contribution is -2.59. The molecule has 33 nitrogen and oxygen atoms in total. The highest BCUT2D eigenvalue weighted by Gasteiger charge is 2.40. The Kier molecular flexibility index (Phi) is 87.5. The highest BCUT2D eigenvalue weighted by atomic mass is 35.5.